The van der Waals surface area contributed by atoms with Gasteiger partial charge >= 0.3 is 0 Å². The van der Waals surface area contributed by atoms with Crippen LogP contribution in [0.4, 0.5) is 5.69 Å². The molecule has 7 nitrogen and oxygen atoms in total. The number of aromatic nitrogens is 1. The Morgan fingerprint density at radius 1 is 1.33 bits per heavy atom. The van der Waals surface area contributed by atoms with E-state index in [2.05, 4.69) is 10.3 Å². The first kappa shape index (κ1) is 21.7. The Kier molecular flexibility index (Phi) is 9.70. The molecule has 2 amide bonds. The lowest BCUT2D eigenvalue weighted by Gasteiger charge is -2.15. The molecule has 0 aliphatic rings. The Morgan fingerprint density at radius 2 is 1.90 bits per heavy atom. The molecule has 1 aromatic heterocycles. The Morgan fingerprint density at radius 3 is 2.33 bits per heavy atom. The molecular formula is C12H20Cl2N4O3. The van der Waals surface area contributed by atoms with E-state index in [1.807, 2.05) is 0 Å². The third kappa shape index (κ3) is 5.74. The third-order valence-corrected chi connectivity index (χ3v) is 2.78. The number of nitrogens with zero attached hydrogens (tertiary/aromatic N) is 1. The zero-order chi connectivity index (χ0) is 14.6. The number of ether oxygens (including phenoxy) is 1. The van der Waals surface area contributed by atoms with Crippen LogP contribution in [0.3, 0.4) is 0 Å². The average Bonchev–Trinajstić information content (AvgIpc) is 2.37. The molecule has 0 aliphatic heterocycles. The molecule has 1 rings (SSSR count). The van der Waals surface area contributed by atoms with Crippen molar-refractivity contribution in [3.63, 3.8) is 0 Å². The second kappa shape index (κ2) is 9.38. The molecule has 1 heterocycles. The van der Waals surface area contributed by atoms with E-state index < -0.39 is 5.91 Å². The third-order valence-electron chi connectivity index (χ3n) is 2.78. The molecule has 0 radical (unpaired) electrons. The van der Waals surface area contributed by atoms with Crippen molar-refractivity contribution in [3.05, 3.63) is 17.8 Å². The summed E-state index contributed by atoms with van der Waals surface area (Å²) < 4.78 is 4.91. The maximum Gasteiger partial charge on any atom is 0.254 e. The molecule has 0 aromatic carbocycles. The Labute approximate surface area is 135 Å². The van der Waals surface area contributed by atoms with Crippen LogP contribution in [0, 0.1) is 5.92 Å². The second-order valence-electron chi connectivity index (χ2n) is 4.28. The van der Waals surface area contributed by atoms with Crippen LogP contribution < -0.4 is 21.5 Å². The van der Waals surface area contributed by atoms with Crippen LogP contribution in [0.15, 0.2) is 12.3 Å². The second-order valence-corrected chi connectivity index (χ2v) is 4.28. The number of nitrogens with one attached hydrogen (secondary N) is 1. The van der Waals surface area contributed by atoms with Crippen molar-refractivity contribution in [3.8, 4) is 5.88 Å². The molecule has 0 bridgehead atoms. The van der Waals surface area contributed by atoms with Crippen molar-refractivity contribution in [1.82, 2.24) is 4.98 Å². The zero-order valence-electron chi connectivity index (χ0n) is 12.0. The van der Waals surface area contributed by atoms with Gasteiger partial charge in [-0.25, -0.2) is 4.98 Å². The molecule has 5 N–H and O–H groups in total. The van der Waals surface area contributed by atoms with E-state index in [4.69, 9.17) is 16.2 Å². The van der Waals surface area contributed by atoms with E-state index in [9.17, 15) is 9.59 Å². The van der Waals surface area contributed by atoms with Crippen LogP contribution in [-0.2, 0) is 4.79 Å². The van der Waals surface area contributed by atoms with Gasteiger partial charge in [0.2, 0.25) is 11.8 Å². The van der Waals surface area contributed by atoms with Crippen LogP contribution >= 0.6 is 24.8 Å². The molecule has 2 atom stereocenters. The summed E-state index contributed by atoms with van der Waals surface area (Å²) in [6, 6.07) is 1.14. The summed E-state index contributed by atoms with van der Waals surface area (Å²) in [5, 5.41) is 2.62. The largest absolute Gasteiger partial charge is 0.480 e. The summed E-state index contributed by atoms with van der Waals surface area (Å²) in [6.45, 7) is 3.46. The summed E-state index contributed by atoms with van der Waals surface area (Å²) in [4.78, 5) is 27.0. The molecule has 120 valence electrons. The number of hydrogen-bond donors (Lipinski definition) is 3. The number of carbonyl (C=O) groups excluding carboxylic acids is 2. The summed E-state index contributed by atoms with van der Waals surface area (Å²) >= 11 is 0. The predicted molar refractivity (Wildman–Crippen MR) is 85.2 cm³/mol. The maximum absolute atomic E-state index is 11.8. The first-order valence-corrected chi connectivity index (χ1v) is 5.77. The van der Waals surface area contributed by atoms with Crippen molar-refractivity contribution in [2.24, 2.45) is 17.4 Å². The van der Waals surface area contributed by atoms with Gasteiger partial charge in [0.05, 0.1) is 24.9 Å². The summed E-state index contributed by atoms with van der Waals surface area (Å²) in [6.07, 6.45) is 1.39. The molecule has 21 heavy (non-hydrogen) atoms. The maximum atomic E-state index is 11.8. The topological polar surface area (TPSA) is 120 Å². The molecule has 1 aromatic rings. The zero-order valence-corrected chi connectivity index (χ0v) is 13.6. The Bertz CT molecular complexity index is 497. The molecular weight excluding hydrogens is 319 g/mol. The smallest absolute Gasteiger partial charge is 0.254 e. The van der Waals surface area contributed by atoms with Crippen molar-refractivity contribution < 1.29 is 14.3 Å². The number of methoxy groups -OCH3 is 1. The van der Waals surface area contributed by atoms with E-state index in [-0.39, 0.29) is 54.1 Å². The SMILES string of the molecule is COc1ncc(NC(=O)C(C)C(C)N)cc1C(N)=O.Cl.Cl. The number of rotatable bonds is 5. The molecule has 0 fully saturated rings. The van der Waals surface area contributed by atoms with Gasteiger partial charge in [0.25, 0.3) is 5.91 Å². The van der Waals surface area contributed by atoms with Crippen LogP contribution in [0.25, 0.3) is 0 Å². The standard InChI is InChI=1S/C12H18N4O3.2ClH/c1-6(7(2)13)11(18)16-8-4-9(10(14)17)12(19-3)15-5-8;;/h4-7H,13H2,1-3H3,(H2,14,17)(H,16,18);2*1H. The van der Waals surface area contributed by atoms with Crippen molar-refractivity contribution in [2.45, 2.75) is 19.9 Å². The minimum absolute atomic E-state index is 0. The van der Waals surface area contributed by atoms with Crippen molar-refractivity contribution in [2.75, 3.05) is 12.4 Å². The summed E-state index contributed by atoms with van der Waals surface area (Å²) in [5.74, 6) is -1.18. The monoisotopic (exact) mass is 338 g/mol. The number of anilines is 1. The molecule has 0 saturated carbocycles. The summed E-state index contributed by atoms with van der Waals surface area (Å²) in [5.41, 5.74) is 11.3. The Hall–Kier alpha value is -1.57. The van der Waals surface area contributed by atoms with Gasteiger partial charge in [-0.3, -0.25) is 9.59 Å². The van der Waals surface area contributed by atoms with Gasteiger partial charge in [-0.1, -0.05) is 6.92 Å². The fourth-order valence-corrected chi connectivity index (χ4v) is 1.35. The quantitative estimate of drug-likeness (QED) is 0.738. The van der Waals surface area contributed by atoms with Gasteiger partial charge in [0.1, 0.15) is 5.56 Å². The highest BCUT2D eigenvalue weighted by Crippen LogP contribution is 2.19. The minimum Gasteiger partial charge on any atom is -0.480 e. The highest BCUT2D eigenvalue weighted by atomic mass is 35.5. The molecule has 0 aliphatic carbocycles. The fraction of sp³-hybridized carbons (Fsp3) is 0.417. The normalized spacial score (nSPS) is 12.2. The van der Waals surface area contributed by atoms with Gasteiger partial charge in [-0.15, -0.1) is 24.8 Å². The average molecular weight is 339 g/mol. The van der Waals surface area contributed by atoms with Gasteiger partial charge in [-0.2, -0.15) is 0 Å². The van der Waals surface area contributed by atoms with E-state index in [0.29, 0.717) is 5.69 Å². The van der Waals surface area contributed by atoms with Crippen molar-refractivity contribution >= 4 is 42.3 Å². The van der Waals surface area contributed by atoms with E-state index in [1.54, 1.807) is 13.8 Å². The lowest BCUT2D eigenvalue weighted by molar-refractivity contribution is -0.119. The van der Waals surface area contributed by atoms with Crippen LogP contribution in [-0.4, -0.2) is 29.9 Å². The lowest BCUT2D eigenvalue weighted by Crippen LogP contribution is -2.34. The van der Waals surface area contributed by atoms with Crippen LogP contribution in [0.5, 0.6) is 5.88 Å². The first-order valence-electron chi connectivity index (χ1n) is 5.77. The number of amides is 2. The molecule has 9 heteroatoms. The van der Waals surface area contributed by atoms with E-state index >= 15 is 0 Å². The predicted octanol–water partition coefficient (Wildman–Crippen LogP) is 0.954. The number of primary amides is 1. The van der Waals surface area contributed by atoms with Crippen LogP contribution in [0.1, 0.15) is 24.2 Å². The number of halogens is 2. The van der Waals surface area contributed by atoms with Crippen LogP contribution in [0.2, 0.25) is 0 Å². The summed E-state index contributed by atoms with van der Waals surface area (Å²) in [7, 11) is 1.38. The van der Waals surface area contributed by atoms with Gasteiger partial charge < -0.3 is 21.5 Å². The van der Waals surface area contributed by atoms with E-state index in [1.165, 1.54) is 19.4 Å². The number of pyridine rings is 1. The van der Waals surface area contributed by atoms with Gasteiger partial charge in [-0.05, 0) is 13.0 Å². The highest BCUT2D eigenvalue weighted by Gasteiger charge is 2.18. The minimum atomic E-state index is -0.680. The number of hydrogen-bond acceptors (Lipinski definition) is 5. The molecule has 0 spiro atoms. The highest BCUT2D eigenvalue weighted by molar-refractivity contribution is 5.98. The number of carbonyl (C=O) groups is 2. The van der Waals surface area contributed by atoms with Crippen molar-refractivity contribution in [1.29, 1.82) is 0 Å². The van der Waals surface area contributed by atoms with Gasteiger partial charge in [0.15, 0.2) is 0 Å². The lowest BCUT2D eigenvalue weighted by atomic mass is 10.0. The van der Waals surface area contributed by atoms with E-state index in [0.717, 1.165) is 0 Å². The fourth-order valence-electron chi connectivity index (χ4n) is 1.35. The Balaban J connectivity index is 0. The molecule has 2 unspecified atom stereocenters. The molecule has 0 saturated heterocycles. The first-order chi connectivity index (χ1) is 8.86. The number of nitrogens with two attached hydrogens (primary N) is 2. The van der Waals surface area contributed by atoms with Gasteiger partial charge in [0, 0.05) is 6.04 Å².